The molecule has 29 heavy (non-hydrogen) atoms. The van der Waals surface area contributed by atoms with Gasteiger partial charge in [0, 0.05) is 19.0 Å². The van der Waals surface area contributed by atoms with Crippen molar-refractivity contribution in [3.63, 3.8) is 0 Å². The van der Waals surface area contributed by atoms with Crippen molar-refractivity contribution in [2.75, 3.05) is 19.8 Å². The highest BCUT2D eigenvalue weighted by molar-refractivity contribution is 5.79. The predicted octanol–water partition coefficient (Wildman–Crippen LogP) is 2.85. The number of tetrazole rings is 1. The second kappa shape index (κ2) is 7.31. The zero-order chi connectivity index (χ0) is 19.8. The predicted molar refractivity (Wildman–Crippen MR) is 105 cm³/mol. The Kier molecular flexibility index (Phi) is 4.64. The van der Waals surface area contributed by atoms with Crippen molar-refractivity contribution in [1.82, 2.24) is 25.1 Å². The Balaban J connectivity index is 1.47. The van der Waals surface area contributed by atoms with E-state index in [1.54, 1.807) is 4.68 Å². The largest absolute Gasteiger partial charge is 0.486 e. The molecule has 0 radical (unpaired) electrons. The zero-order valence-corrected chi connectivity index (χ0v) is 16.8. The third kappa shape index (κ3) is 3.24. The van der Waals surface area contributed by atoms with Crippen LogP contribution in [0.25, 0.3) is 5.69 Å². The maximum absolute atomic E-state index is 12.8. The van der Waals surface area contributed by atoms with Gasteiger partial charge in [-0.3, -0.25) is 4.79 Å². The molecule has 1 aromatic carbocycles. The topological polar surface area (TPSA) is 82.4 Å². The van der Waals surface area contributed by atoms with Crippen molar-refractivity contribution >= 4 is 5.91 Å². The smallest absolute Gasteiger partial charge is 0.223 e. The number of likely N-dealkylation sites (tertiary alicyclic amines) is 1. The van der Waals surface area contributed by atoms with Crippen LogP contribution >= 0.6 is 0 Å². The molecule has 3 heterocycles. The minimum atomic E-state index is -0.509. The molecule has 0 N–H and O–H groups in total. The van der Waals surface area contributed by atoms with Crippen molar-refractivity contribution in [3.8, 4) is 17.2 Å². The summed E-state index contributed by atoms with van der Waals surface area (Å²) in [6, 6.07) is 5.72. The van der Waals surface area contributed by atoms with Gasteiger partial charge >= 0.3 is 0 Å². The third-order valence-corrected chi connectivity index (χ3v) is 6.61. The van der Waals surface area contributed by atoms with Gasteiger partial charge in [-0.2, -0.15) is 4.68 Å². The van der Waals surface area contributed by atoms with E-state index in [1.807, 2.05) is 23.1 Å². The van der Waals surface area contributed by atoms with E-state index in [0.29, 0.717) is 37.1 Å². The van der Waals surface area contributed by atoms with Crippen LogP contribution in [-0.4, -0.2) is 50.8 Å². The molecule has 2 fully saturated rings. The van der Waals surface area contributed by atoms with E-state index in [0.717, 1.165) is 24.4 Å². The number of carbonyl (C=O) groups excluding carboxylic acids is 1. The summed E-state index contributed by atoms with van der Waals surface area (Å²) >= 11 is 0. The zero-order valence-electron chi connectivity index (χ0n) is 16.8. The molecule has 1 atom stereocenters. The monoisotopic (exact) mass is 397 g/mol. The minimum absolute atomic E-state index is 0.204. The molecule has 8 nitrogen and oxygen atoms in total. The molecule has 1 saturated heterocycles. The van der Waals surface area contributed by atoms with Gasteiger partial charge in [-0.05, 0) is 54.7 Å². The second-order valence-corrected chi connectivity index (χ2v) is 8.52. The lowest BCUT2D eigenvalue weighted by atomic mass is 9.87. The lowest BCUT2D eigenvalue weighted by Crippen LogP contribution is -2.45. The van der Waals surface area contributed by atoms with Gasteiger partial charge in [-0.15, -0.1) is 5.10 Å². The normalized spacial score (nSPS) is 24.9. The number of fused-ring (bicyclic) bond motifs is 1. The molecule has 1 aliphatic carbocycles. The molecule has 0 bridgehead atoms. The Bertz CT molecular complexity index is 907. The number of aromatic nitrogens is 4. The van der Waals surface area contributed by atoms with Crippen LogP contribution in [0.3, 0.4) is 0 Å². The molecule has 3 aliphatic rings. The van der Waals surface area contributed by atoms with Crippen molar-refractivity contribution in [2.24, 2.45) is 5.92 Å². The van der Waals surface area contributed by atoms with Crippen LogP contribution in [-0.2, 0) is 10.3 Å². The number of amides is 1. The number of nitrogens with zero attached hydrogens (tertiary/aromatic N) is 5. The fourth-order valence-corrected chi connectivity index (χ4v) is 4.92. The maximum atomic E-state index is 12.8. The van der Waals surface area contributed by atoms with E-state index in [-0.39, 0.29) is 5.91 Å². The third-order valence-electron chi connectivity index (χ3n) is 6.61. The molecular formula is C21H27N5O3. The summed E-state index contributed by atoms with van der Waals surface area (Å²) in [5.41, 5.74) is 0.304. The van der Waals surface area contributed by atoms with Gasteiger partial charge < -0.3 is 14.4 Å². The first-order valence-corrected chi connectivity index (χ1v) is 10.6. The quantitative estimate of drug-likeness (QED) is 0.789. The van der Waals surface area contributed by atoms with Gasteiger partial charge in [0.05, 0.1) is 5.69 Å². The lowest BCUT2D eigenvalue weighted by molar-refractivity contribution is -0.132. The molecule has 154 valence electrons. The minimum Gasteiger partial charge on any atom is -0.486 e. The summed E-state index contributed by atoms with van der Waals surface area (Å²) in [5.74, 6) is 2.91. The highest BCUT2D eigenvalue weighted by atomic mass is 16.6. The molecule has 2 aromatic rings. The van der Waals surface area contributed by atoms with Gasteiger partial charge in [-0.1, -0.05) is 19.3 Å². The highest BCUT2D eigenvalue weighted by Crippen LogP contribution is 2.41. The molecule has 1 saturated carbocycles. The van der Waals surface area contributed by atoms with Gasteiger partial charge in [0.2, 0.25) is 5.91 Å². The van der Waals surface area contributed by atoms with E-state index >= 15 is 0 Å². The molecular weight excluding hydrogens is 370 g/mol. The van der Waals surface area contributed by atoms with Gasteiger partial charge in [0.1, 0.15) is 18.8 Å². The number of hydrogen-bond donors (Lipinski definition) is 0. The first-order chi connectivity index (χ1) is 14.1. The van der Waals surface area contributed by atoms with Crippen LogP contribution < -0.4 is 9.47 Å². The first-order valence-electron chi connectivity index (χ1n) is 10.6. The molecule has 0 spiro atoms. The van der Waals surface area contributed by atoms with E-state index < -0.39 is 5.54 Å². The summed E-state index contributed by atoms with van der Waals surface area (Å²) in [7, 11) is 0. The van der Waals surface area contributed by atoms with Gasteiger partial charge in [0.15, 0.2) is 17.3 Å². The number of carbonyl (C=O) groups is 1. The fourth-order valence-electron chi connectivity index (χ4n) is 4.92. The molecule has 1 amide bonds. The molecule has 5 rings (SSSR count). The van der Waals surface area contributed by atoms with E-state index in [4.69, 9.17) is 9.47 Å². The summed E-state index contributed by atoms with van der Waals surface area (Å²) < 4.78 is 13.1. The van der Waals surface area contributed by atoms with Crippen molar-refractivity contribution < 1.29 is 14.3 Å². The standard InChI is InChI=1S/C21H27N5O3/c1-21(10-9-19(27)25(21)14-15-5-3-2-4-6-15)20-22-23-24-26(20)16-7-8-17-18(13-16)29-12-11-28-17/h7-8,13,15H,2-6,9-12,14H2,1H3. The summed E-state index contributed by atoms with van der Waals surface area (Å²) in [6.07, 6.45) is 7.50. The Labute approximate surface area is 170 Å². The molecule has 8 heteroatoms. The van der Waals surface area contributed by atoms with Crippen LogP contribution in [0.4, 0.5) is 0 Å². The Hall–Kier alpha value is -2.64. The summed E-state index contributed by atoms with van der Waals surface area (Å²) in [5, 5.41) is 12.6. The number of hydrogen-bond acceptors (Lipinski definition) is 6. The fraction of sp³-hybridized carbons (Fsp3) is 0.619. The highest BCUT2D eigenvalue weighted by Gasteiger charge is 2.47. The maximum Gasteiger partial charge on any atom is 0.223 e. The Morgan fingerprint density at radius 3 is 2.76 bits per heavy atom. The number of benzene rings is 1. The van der Waals surface area contributed by atoms with Crippen LogP contribution in [0.1, 0.15) is 57.7 Å². The average molecular weight is 397 g/mol. The van der Waals surface area contributed by atoms with Crippen LogP contribution in [0.2, 0.25) is 0 Å². The molecule has 2 aliphatic heterocycles. The molecule has 1 aromatic heterocycles. The van der Waals surface area contributed by atoms with E-state index in [9.17, 15) is 4.79 Å². The number of rotatable bonds is 4. The van der Waals surface area contributed by atoms with Crippen molar-refractivity contribution in [3.05, 3.63) is 24.0 Å². The SMILES string of the molecule is CC1(c2nnnn2-c2ccc3c(c2)OCCO3)CCC(=O)N1CC1CCCCC1. The Morgan fingerprint density at radius 2 is 1.93 bits per heavy atom. The van der Waals surface area contributed by atoms with E-state index in [1.165, 1.54) is 32.1 Å². The average Bonchev–Trinajstić information content (AvgIpc) is 3.36. The van der Waals surface area contributed by atoms with Gasteiger partial charge in [-0.25, -0.2) is 0 Å². The van der Waals surface area contributed by atoms with Crippen LogP contribution in [0.5, 0.6) is 11.5 Å². The Morgan fingerprint density at radius 1 is 1.14 bits per heavy atom. The molecule has 1 unspecified atom stereocenters. The first kappa shape index (κ1) is 18.4. The van der Waals surface area contributed by atoms with Crippen LogP contribution in [0, 0.1) is 5.92 Å². The number of ether oxygens (including phenoxy) is 2. The summed E-state index contributed by atoms with van der Waals surface area (Å²) in [4.78, 5) is 14.8. The summed E-state index contributed by atoms with van der Waals surface area (Å²) in [6.45, 7) is 3.98. The van der Waals surface area contributed by atoms with Crippen molar-refractivity contribution in [2.45, 2.75) is 57.4 Å². The second-order valence-electron chi connectivity index (χ2n) is 8.52. The van der Waals surface area contributed by atoms with E-state index in [2.05, 4.69) is 22.4 Å². The van der Waals surface area contributed by atoms with Crippen molar-refractivity contribution in [1.29, 1.82) is 0 Å². The van der Waals surface area contributed by atoms with Gasteiger partial charge in [0.25, 0.3) is 0 Å². The van der Waals surface area contributed by atoms with Crippen LogP contribution in [0.15, 0.2) is 18.2 Å². The lowest BCUT2D eigenvalue weighted by Gasteiger charge is -2.37.